The number of rotatable bonds is 5. The highest BCUT2D eigenvalue weighted by Crippen LogP contribution is 2.17. The number of para-hydroxylation sites is 1. The molecule has 0 saturated heterocycles. The van der Waals surface area contributed by atoms with Gasteiger partial charge < -0.3 is 26.7 Å². The number of carbonyl (C=O) groups excluding carboxylic acids is 1. The van der Waals surface area contributed by atoms with E-state index in [2.05, 4.69) is 33.9 Å². The van der Waals surface area contributed by atoms with E-state index in [0.717, 1.165) is 13.0 Å². The number of fused-ring (bicyclic) bond motifs is 1. The molecule has 120 valence electrons. The van der Waals surface area contributed by atoms with Crippen LogP contribution in [0, 0.1) is 0 Å². The Labute approximate surface area is 145 Å². The first-order valence-electron chi connectivity index (χ1n) is 7.49. The lowest BCUT2D eigenvalue weighted by molar-refractivity contribution is -0.696. The fourth-order valence-electron chi connectivity index (χ4n) is 2.54. The van der Waals surface area contributed by atoms with Gasteiger partial charge in [-0.05, 0) is 18.6 Å². The van der Waals surface area contributed by atoms with Crippen molar-refractivity contribution in [1.82, 2.24) is 4.98 Å². The molecular weight excluding hydrogens is 356 g/mol. The van der Waals surface area contributed by atoms with Crippen molar-refractivity contribution >= 4 is 16.9 Å². The Balaban J connectivity index is 0.00000192. The Kier molecular flexibility index (Phi) is 5.93. The first-order chi connectivity index (χ1) is 10.8. The minimum absolute atomic E-state index is 0. The van der Waals surface area contributed by atoms with Crippen molar-refractivity contribution < 1.29 is 31.1 Å². The molecule has 0 fully saturated rings. The number of halogens is 1. The minimum Gasteiger partial charge on any atom is -1.00 e. The molecular formula is C18H19BrN2O2. The lowest BCUT2D eigenvalue weighted by Crippen LogP contribution is -3.00. The van der Waals surface area contributed by atoms with Gasteiger partial charge in [0.25, 0.3) is 0 Å². The number of pyridine rings is 1. The summed E-state index contributed by atoms with van der Waals surface area (Å²) >= 11 is 0. The molecule has 4 nitrogen and oxygen atoms in total. The van der Waals surface area contributed by atoms with Gasteiger partial charge in [0.2, 0.25) is 0 Å². The van der Waals surface area contributed by atoms with Gasteiger partial charge in [-0.3, -0.25) is 0 Å². The summed E-state index contributed by atoms with van der Waals surface area (Å²) in [4.78, 5) is 14.9. The van der Waals surface area contributed by atoms with Crippen LogP contribution in [0.4, 0.5) is 0 Å². The number of benzene rings is 1. The number of aromatic nitrogens is 2. The summed E-state index contributed by atoms with van der Waals surface area (Å²) in [6.07, 6.45) is 6.84. The zero-order valence-electron chi connectivity index (χ0n) is 13.0. The number of hydrogen-bond acceptors (Lipinski definition) is 2. The summed E-state index contributed by atoms with van der Waals surface area (Å²) in [5.74, 6) is -0.272. The molecule has 1 aromatic carbocycles. The number of ether oxygens (including phenoxy) is 1. The number of aromatic amines is 1. The molecule has 0 spiro atoms. The normalized spacial score (nSPS) is 10.3. The summed E-state index contributed by atoms with van der Waals surface area (Å²) in [5.41, 5.74) is 3.06. The third kappa shape index (κ3) is 3.99. The molecule has 0 atom stereocenters. The number of H-pyrrole nitrogens is 1. The SMILES string of the molecule is CCOC(=O)c1cc[n+](CCc2c[nH]c3ccccc23)cc1.[Br-]. The highest BCUT2D eigenvalue weighted by Gasteiger charge is 2.10. The third-order valence-corrected chi connectivity index (χ3v) is 3.72. The molecule has 3 aromatic rings. The number of hydrogen-bond donors (Lipinski definition) is 1. The van der Waals surface area contributed by atoms with Crippen LogP contribution in [0.2, 0.25) is 0 Å². The molecule has 0 unspecified atom stereocenters. The van der Waals surface area contributed by atoms with Crippen LogP contribution in [0.15, 0.2) is 55.0 Å². The van der Waals surface area contributed by atoms with E-state index >= 15 is 0 Å². The van der Waals surface area contributed by atoms with Gasteiger partial charge in [0.05, 0.1) is 12.2 Å². The van der Waals surface area contributed by atoms with Gasteiger partial charge in [0.15, 0.2) is 18.9 Å². The van der Waals surface area contributed by atoms with Gasteiger partial charge in [0.1, 0.15) is 0 Å². The third-order valence-electron chi connectivity index (χ3n) is 3.72. The quantitative estimate of drug-likeness (QED) is 0.499. The Morgan fingerprint density at radius 1 is 1.17 bits per heavy atom. The lowest BCUT2D eigenvalue weighted by atomic mass is 10.1. The van der Waals surface area contributed by atoms with Crippen molar-refractivity contribution in [2.45, 2.75) is 19.9 Å². The van der Waals surface area contributed by atoms with Crippen LogP contribution in [0.1, 0.15) is 22.8 Å². The molecule has 3 rings (SSSR count). The lowest BCUT2D eigenvalue weighted by Gasteiger charge is -2.01. The predicted octanol–water partition coefficient (Wildman–Crippen LogP) is -0.121. The monoisotopic (exact) mass is 374 g/mol. The molecule has 0 amide bonds. The van der Waals surface area contributed by atoms with Crippen molar-refractivity contribution in [3.05, 3.63) is 66.1 Å². The molecule has 23 heavy (non-hydrogen) atoms. The van der Waals surface area contributed by atoms with Crippen LogP contribution < -0.4 is 21.5 Å². The average Bonchev–Trinajstić information content (AvgIpc) is 2.97. The fraction of sp³-hybridized carbons (Fsp3) is 0.222. The fourth-order valence-corrected chi connectivity index (χ4v) is 2.54. The zero-order chi connectivity index (χ0) is 15.4. The van der Waals surface area contributed by atoms with Crippen LogP contribution in [-0.4, -0.2) is 17.6 Å². The summed E-state index contributed by atoms with van der Waals surface area (Å²) in [6.45, 7) is 3.07. The smallest absolute Gasteiger partial charge is 0.338 e. The Hall–Kier alpha value is -2.14. The number of carbonyl (C=O) groups is 1. The van der Waals surface area contributed by atoms with Gasteiger partial charge >= 0.3 is 5.97 Å². The molecule has 0 bridgehead atoms. The van der Waals surface area contributed by atoms with E-state index in [4.69, 9.17) is 4.74 Å². The van der Waals surface area contributed by atoms with Crippen molar-refractivity contribution in [2.75, 3.05) is 6.61 Å². The van der Waals surface area contributed by atoms with E-state index in [-0.39, 0.29) is 23.0 Å². The van der Waals surface area contributed by atoms with Crippen LogP contribution in [0.3, 0.4) is 0 Å². The zero-order valence-corrected chi connectivity index (χ0v) is 14.5. The summed E-state index contributed by atoms with van der Waals surface area (Å²) in [5, 5.41) is 1.27. The minimum atomic E-state index is -0.272. The maximum absolute atomic E-state index is 11.6. The van der Waals surface area contributed by atoms with E-state index in [0.29, 0.717) is 12.2 Å². The van der Waals surface area contributed by atoms with E-state index in [1.54, 1.807) is 12.1 Å². The first kappa shape index (κ1) is 17.2. The molecule has 0 saturated carbocycles. The van der Waals surface area contributed by atoms with Crippen molar-refractivity contribution in [3.8, 4) is 0 Å². The van der Waals surface area contributed by atoms with E-state index in [1.807, 2.05) is 25.4 Å². The standard InChI is InChI=1S/C18H18N2O2.BrH/c1-2-22-18(21)14-7-10-20(11-8-14)12-9-15-13-19-17-6-4-3-5-16(15)17;/h3-8,10-11,13H,2,9,12H2,1H3;1H. The van der Waals surface area contributed by atoms with Gasteiger partial charge in [-0.25, -0.2) is 9.36 Å². The summed E-state index contributed by atoms with van der Waals surface area (Å²) in [6, 6.07) is 11.9. The second-order valence-corrected chi connectivity index (χ2v) is 5.15. The largest absolute Gasteiger partial charge is 1.00 e. The maximum atomic E-state index is 11.6. The molecule has 0 aliphatic rings. The number of nitrogens with zero attached hydrogens (tertiary/aromatic N) is 1. The van der Waals surface area contributed by atoms with E-state index in [9.17, 15) is 4.79 Å². The van der Waals surface area contributed by atoms with Crippen LogP contribution in [-0.2, 0) is 17.7 Å². The van der Waals surface area contributed by atoms with Gasteiger partial charge in [0, 0.05) is 35.7 Å². The van der Waals surface area contributed by atoms with Gasteiger partial charge in [-0.15, -0.1) is 0 Å². The van der Waals surface area contributed by atoms with Crippen LogP contribution >= 0.6 is 0 Å². The Morgan fingerprint density at radius 2 is 1.91 bits per heavy atom. The predicted molar refractivity (Wildman–Crippen MR) is 84.6 cm³/mol. The van der Waals surface area contributed by atoms with E-state index < -0.39 is 0 Å². The van der Waals surface area contributed by atoms with Crippen LogP contribution in [0.5, 0.6) is 0 Å². The molecule has 0 aliphatic carbocycles. The highest BCUT2D eigenvalue weighted by molar-refractivity contribution is 5.89. The van der Waals surface area contributed by atoms with Crippen molar-refractivity contribution in [2.24, 2.45) is 0 Å². The van der Waals surface area contributed by atoms with Gasteiger partial charge in [-0.1, -0.05) is 18.2 Å². The molecule has 0 aliphatic heterocycles. The highest BCUT2D eigenvalue weighted by atomic mass is 79.9. The number of nitrogens with one attached hydrogen (secondary N) is 1. The van der Waals surface area contributed by atoms with E-state index in [1.165, 1.54) is 16.5 Å². The molecule has 2 aromatic heterocycles. The number of aryl methyl sites for hydroxylation is 2. The van der Waals surface area contributed by atoms with Crippen molar-refractivity contribution in [1.29, 1.82) is 0 Å². The average molecular weight is 375 g/mol. The van der Waals surface area contributed by atoms with Gasteiger partial charge in [-0.2, -0.15) is 0 Å². The molecule has 2 heterocycles. The topological polar surface area (TPSA) is 46.0 Å². The second kappa shape index (κ2) is 7.92. The molecule has 0 radical (unpaired) electrons. The second-order valence-electron chi connectivity index (χ2n) is 5.15. The maximum Gasteiger partial charge on any atom is 0.338 e. The Bertz CT molecular complexity index is 781. The molecule has 5 heteroatoms. The van der Waals surface area contributed by atoms with Crippen molar-refractivity contribution in [3.63, 3.8) is 0 Å². The summed E-state index contributed by atoms with van der Waals surface area (Å²) in [7, 11) is 0. The summed E-state index contributed by atoms with van der Waals surface area (Å²) < 4.78 is 7.06. The molecule has 1 N–H and O–H groups in total. The first-order valence-corrected chi connectivity index (χ1v) is 7.49. The van der Waals surface area contributed by atoms with Crippen LogP contribution in [0.25, 0.3) is 10.9 Å². The number of esters is 1. The Morgan fingerprint density at radius 3 is 2.65 bits per heavy atom.